The number of carbonyl (C=O) groups is 1. The Morgan fingerprint density at radius 3 is 2.25 bits per heavy atom. The van der Waals surface area contributed by atoms with Gasteiger partial charge in [-0.05, 0) is 44.0 Å². The first-order valence-corrected chi connectivity index (χ1v) is 10.6. The highest BCUT2D eigenvalue weighted by Crippen LogP contribution is 2.31. The minimum absolute atomic E-state index is 0.146. The van der Waals surface area contributed by atoms with Crippen molar-refractivity contribution in [1.82, 2.24) is 9.80 Å². The quantitative estimate of drug-likeness (QED) is 0.635. The van der Waals surface area contributed by atoms with Crippen LogP contribution in [-0.2, 0) is 9.53 Å². The molecule has 0 amide bonds. The minimum Gasteiger partial charge on any atom is -0.459 e. The lowest BCUT2D eigenvalue weighted by atomic mass is 9.96. The summed E-state index contributed by atoms with van der Waals surface area (Å²) in [6.45, 7) is 9.62. The van der Waals surface area contributed by atoms with Gasteiger partial charge in [-0.1, -0.05) is 58.4 Å². The van der Waals surface area contributed by atoms with Crippen molar-refractivity contribution in [3.05, 3.63) is 70.2 Å². The Labute approximate surface area is 176 Å². The van der Waals surface area contributed by atoms with Gasteiger partial charge in [-0.15, -0.1) is 0 Å². The molecule has 2 aromatic rings. The molecule has 4 nitrogen and oxygen atoms in total. The number of esters is 1. The monoisotopic (exact) mass is 444 g/mol. The number of rotatable bonds is 5. The summed E-state index contributed by atoms with van der Waals surface area (Å²) < 4.78 is 6.56. The third kappa shape index (κ3) is 5.90. The molecule has 1 fully saturated rings. The van der Waals surface area contributed by atoms with Gasteiger partial charge in [0.25, 0.3) is 0 Å². The van der Waals surface area contributed by atoms with Crippen LogP contribution in [0.4, 0.5) is 0 Å². The summed E-state index contributed by atoms with van der Waals surface area (Å²) in [6.07, 6.45) is 0. The summed E-state index contributed by atoms with van der Waals surface area (Å²) in [6, 6.07) is 19.4. The van der Waals surface area contributed by atoms with Crippen LogP contribution in [0.15, 0.2) is 59.1 Å². The average molecular weight is 445 g/mol. The molecule has 0 N–H and O–H groups in total. The van der Waals surface area contributed by atoms with Crippen LogP contribution in [-0.4, -0.2) is 54.1 Å². The zero-order valence-electron chi connectivity index (χ0n) is 16.9. The highest BCUT2D eigenvalue weighted by Gasteiger charge is 2.28. The van der Waals surface area contributed by atoms with Gasteiger partial charge < -0.3 is 4.74 Å². The maximum absolute atomic E-state index is 12.1. The van der Waals surface area contributed by atoms with Gasteiger partial charge >= 0.3 is 5.97 Å². The van der Waals surface area contributed by atoms with Crippen LogP contribution in [0.3, 0.4) is 0 Å². The fraction of sp³-hybridized carbons (Fsp3) is 0.435. The molecule has 150 valence electrons. The normalized spacial score (nSPS) is 17.3. The number of ether oxygens (including phenoxy) is 1. The van der Waals surface area contributed by atoms with E-state index in [1.165, 1.54) is 11.1 Å². The SMILES string of the molecule is CC(C)(C)OC(=O)CN1CCN(C(c2ccccc2)c2cccc(Br)c2)CC1. The van der Waals surface area contributed by atoms with E-state index in [4.69, 9.17) is 4.74 Å². The molecule has 1 unspecified atom stereocenters. The van der Waals surface area contributed by atoms with Crippen LogP contribution in [0.1, 0.15) is 37.9 Å². The molecule has 0 spiro atoms. The molecule has 0 aliphatic carbocycles. The average Bonchev–Trinajstić information content (AvgIpc) is 2.63. The fourth-order valence-corrected chi connectivity index (χ4v) is 4.08. The molecular formula is C23H29BrN2O2. The van der Waals surface area contributed by atoms with Crippen LogP contribution >= 0.6 is 15.9 Å². The summed E-state index contributed by atoms with van der Waals surface area (Å²) in [5, 5.41) is 0. The van der Waals surface area contributed by atoms with Gasteiger partial charge in [-0.2, -0.15) is 0 Å². The Bertz CT molecular complexity index is 781. The van der Waals surface area contributed by atoms with E-state index in [0.29, 0.717) is 6.54 Å². The zero-order chi connectivity index (χ0) is 20.1. The van der Waals surface area contributed by atoms with Gasteiger partial charge in [0.15, 0.2) is 0 Å². The lowest BCUT2D eigenvalue weighted by molar-refractivity contribution is -0.156. The lowest BCUT2D eigenvalue weighted by Crippen LogP contribution is -2.49. The van der Waals surface area contributed by atoms with Crippen molar-refractivity contribution in [1.29, 1.82) is 0 Å². The van der Waals surface area contributed by atoms with E-state index >= 15 is 0 Å². The zero-order valence-corrected chi connectivity index (χ0v) is 18.5. The van der Waals surface area contributed by atoms with Crippen LogP contribution in [0.25, 0.3) is 0 Å². The Kier molecular flexibility index (Phi) is 6.91. The van der Waals surface area contributed by atoms with Gasteiger partial charge in [-0.3, -0.25) is 14.6 Å². The maximum atomic E-state index is 12.1. The molecule has 1 aliphatic heterocycles. The number of carbonyl (C=O) groups excluding carboxylic acids is 1. The second kappa shape index (κ2) is 9.21. The van der Waals surface area contributed by atoms with Crippen LogP contribution in [0, 0.1) is 0 Å². The highest BCUT2D eigenvalue weighted by atomic mass is 79.9. The van der Waals surface area contributed by atoms with Gasteiger partial charge in [-0.25, -0.2) is 0 Å². The molecule has 3 rings (SSSR count). The summed E-state index contributed by atoms with van der Waals surface area (Å²) in [7, 11) is 0. The molecule has 0 bridgehead atoms. The van der Waals surface area contributed by atoms with E-state index in [9.17, 15) is 4.79 Å². The Morgan fingerprint density at radius 2 is 1.64 bits per heavy atom. The molecule has 0 aromatic heterocycles. The molecule has 1 saturated heterocycles. The van der Waals surface area contributed by atoms with Crippen molar-refractivity contribution in [2.45, 2.75) is 32.4 Å². The second-order valence-electron chi connectivity index (χ2n) is 8.27. The van der Waals surface area contributed by atoms with Crippen molar-refractivity contribution < 1.29 is 9.53 Å². The lowest BCUT2D eigenvalue weighted by Gasteiger charge is -2.39. The Balaban J connectivity index is 1.69. The maximum Gasteiger partial charge on any atom is 0.320 e. The van der Waals surface area contributed by atoms with E-state index in [0.717, 1.165) is 30.7 Å². The van der Waals surface area contributed by atoms with E-state index in [2.05, 4.69) is 80.3 Å². The van der Waals surface area contributed by atoms with Gasteiger partial charge in [0.2, 0.25) is 0 Å². The minimum atomic E-state index is -0.433. The largest absolute Gasteiger partial charge is 0.459 e. The van der Waals surface area contributed by atoms with Crippen molar-refractivity contribution in [3.63, 3.8) is 0 Å². The van der Waals surface area contributed by atoms with E-state index < -0.39 is 5.60 Å². The number of nitrogens with zero attached hydrogens (tertiary/aromatic N) is 2. The predicted molar refractivity (Wildman–Crippen MR) is 116 cm³/mol. The second-order valence-corrected chi connectivity index (χ2v) is 9.18. The van der Waals surface area contributed by atoms with E-state index in [1.54, 1.807) is 0 Å². The Hall–Kier alpha value is -1.69. The first-order chi connectivity index (χ1) is 13.3. The molecule has 0 saturated carbocycles. The van der Waals surface area contributed by atoms with Crippen LogP contribution in [0.2, 0.25) is 0 Å². The van der Waals surface area contributed by atoms with E-state index in [-0.39, 0.29) is 12.0 Å². The van der Waals surface area contributed by atoms with Gasteiger partial charge in [0.1, 0.15) is 5.60 Å². The van der Waals surface area contributed by atoms with Gasteiger partial charge in [0.05, 0.1) is 12.6 Å². The predicted octanol–water partition coefficient (Wildman–Crippen LogP) is 4.50. The fourth-order valence-electron chi connectivity index (χ4n) is 3.66. The molecule has 2 aromatic carbocycles. The molecule has 28 heavy (non-hydrogen) atoms. The number of benzene rings is 2. The standard InChI is InChI=1S/C23H29BrN2O2/c1-23(2,3)28-21(27)17-25-12-14-26(15-13-25)22(18-8-5-4-6-9-18)19-10-7-11-20(24)16-19/h4-11,16,22H,12-15,17H2,1-3H3. The molecular weight excluding hydrogens is 416 g/mol. The first-order valence-electron chi connectivity index (χ1n) is 9.80. The first kappa shape index (κ1) is 21.0. The topological polar surface area (TPSA) is 32.8 Å². The third-order valence-electron chi connectivity index (χ3n) is 4.82. The summed E-state index contributed by atoms with van der Waals surface area (Å²) in [5.74, 6) is -0.146. The number of halogens is 1. The highest BCUT2D eigenvalue weighted by molar-refractivity contribution is 9.10. The number of hydrogen-bond acceptors (Lipinski definition) is 4. The van der Waals surface area contributed by atoms with Crippen molar-refractivity contribution in [2.24, 2.45) is 0 Å². The van der Waals surface area contributed by atoms with Crippen molar-refractivity contribution in [3.8, 4) is 0 Å². The number of hydrogen-bond donors (Lipinski definition) is 0. The van der Waals surface area contributed by atoms with Crippen molar-refractivity contribution >= 4 is 21.9 Å². The molecule has 1 heterocycles. The summed E-state index contributed by atoms with van der Waals surface area (Å²) >= 11 is 3.61. The molecule has 1 aliphatic rings. The van der Waals surface area contributed by atoms with Crippen LogP contribution in [0.5, 0.6) is 0 Å². The molecule has 5 heteroatoms. The van der Waals surface area contributed by atoms with Gasteiger partial charge in [0, 0.05) is 30.7 Å². The third-order valence-corrected chi connectivity index (χ3v) is 5.32. The molecule has 0 radical (unpaired) electrons. The van der Waals surface area contributed by atoms with Crippen LogP contribution < -0.4 is 0 Å². The Morgan fingerprint density at radius 1 is 1.00 bits per heavy atom. The summed E-state index contributed by atoms with van der Waals surface area (Å²) in [5.41, 5.74) is 2.14. The van der Waals surface area contributed by atoms with Crippen molar-refractivity contribution in [2.75, 3.05) is 32.7 Å². The summed E-state index contributed by atoms with van der Waals surface area (Å²) in [4.78, 5) is 16.8. The number of piperazine rings is 1. The smallest absolute Gasteiger partial charge is 0.320 e. The van der Waals surface area contributed by atoms with E-state index in [1.807, 2.05) is 20.8 Å². The molecule has 1 atom stereocenters.